The van der Waals surface area contributed by atoms with Gasteiger partial charge in [-0.3, -0.25) is 9.80 Å². The van der Waals surface area contributed by atoms with Crippen LogP contribution in [0.15, 0.2) is 5.29 Å². The van der Waals surface area contributed by atoms with Gasteiger partial charge in [-0.15, -0.1) is 4.91 Å². The Kier molecular flexibility index (Phi) is 2.25. The summed E-state index contributed by atoms with van der Waals surface area (Å²) in [7, 11) is 0. The second-order valence-electron chi connectivity index (χ2n) is 2.94. The zero-order valence-corrected chi connectivity index (χ0v) is 6.36. The van der Waals surface area contributed by atoms with Crippen LogP contribution >= 0.6 is 0 Å². The lowest BCUT2D eigenvalue weighted by Gasteiger charge is -2.18. The van der Waals surface area contributed by atoms with Gasteiger partial charge in [0.2, 0.25) is 0 Å². The maximum absolute atomic E-state index is 12.4. The lowest BCUT2D eigenvalue weighted by Crippen LogP contribution is -2.35. The Morgan fingerprint density at radius 2 is 2.42 bits per heavy atom. The highest BCUT2D eigenvalue weighted by Gasteiger charge is 2.45. The SMILES string of the molecule is O=NN1CCC(CF)(C(=O)O)C1. The first kappa shape index (κ1) is 8.89. The molecule has 0 aromatic rings. The number of carboxylic acid groups (broad SMARTS) is 1. The molecule has 12 heavy (non-hydrogen) atoms. The van der Waals surface area contributed by atoms with Crippen molar-refractivity contribution in [2.45, 2.75) is 6.42 Å². The van der Waals surface area contributed by atoms with Gasteiger partial charge in [0.05, 0.1) is 11.8 Å². The second-order valence-corrected chi connectivity index (χ2v) is 2.94. The molecule has 1 fully saturated rings. The van der Waals surface area contributed by atoms with E-state index in [1.54, 1.807) is 0 Å². The van der Waals surface area contributed by atoms with Crippen LogP contribution in [-0.4, -0.2) is 35.8 Å². The monoisotopic (exact) mass is 176 g/mol. The van der Waals surface area contributed by atoms with Crippen molar-refractivity contribution in [2.24, 2.45) is 10.7 Å². The molecule has 0 saturated carbocycles. The molecular weight excluding hydrogens is 167 g/mol. The van der Waals surface area contributed by atoms with E-state index in [2.05, 4.69) is 5.29 Å². The highest BCUT2D eigenvalue weighted by atomic mass is 19.1. The summed E-state index contributed by atoms with van der Waals surface area (Å²) in [6, 6.07) is 0. The lowest BCUT2D eigenvalue weighted by atomic mass is 9.89. The van der Waals surface area contributed by atoms with E-state index >= 15 is 0 Å². The molecule has 6 heteroatoms. The Hall–Kier alpha value is -1.20. The normalized spacial score (nSPS) is 28.9. The van der Waals surface area contributed by atoms with Crippen molar-refractivity contribution in [2.75, 3.05) is 19.8 Å². The molecule has 1 atom stereocenters. The van der Waals surface area contributed by atoms with Gasteiger partial charge in [0.1, 0.15) is 12.1 Å². The topological polar surface area (TPSA) is 70.0 Å². The molecule has 0 spiro atoms. The predicted octanol–water partition coefficient (Wildman–Crippen LogP) is 0.414. The molecule has 68 valence electrons. The number of aliphatic carboxylic acids is 1. The average molecular weight is 176 g/mol. The first-order valence-corrected chi connectivity index (χ1v) is 3.52. The zero-order valence-electron chi connectivity index (χ0n) is 6.36. The van der Waals surface area contributed by atoms with Crippen LogP contribution in [0.25, 0.3) is 0 Å². The fourth-order valence-corrected chi connectivity index (χ4v) is 1.26. The van der Waals surface area contributed by atoms with Gasteiger partial charge in [0.25, 0.3) is 0 Å². The number of carboxylic acids is 1. The molecule has 0 bridgehead atoms. The van der Waals surface area contributed by atoms with Gasteiger partial charge in [0, 0.05) is 6.54 Å². The molecule has 0 radical (unpaired) electrons. The van der Waals surface area contributed by atoms with Gasteiger partial charge < -0.3 is 5.11 Å². The quantitative estimate of drug-likeness (QED) is 0.632. The number of carbonyl (C=O) groups is 1. The maximum atomic E-state index is 12.4. The van der Waals surface area contributed by atoms with E-state index in [1.807, 2.05) is 0 Å². The van der Waals surface area contributed by atoms with Crippen molar-refractivity contribution >= 4 is 5.97 Å². The smallest absolute Gasteiger partial charge is 0.314 e. The summed E-state index contributed by atoms with van der Waals surface area (Å²) in [4.78, 5) is 20.6. The molecule has 1 saturated heterocycles. The van der Waals surface area contributed by atoms with E-state index in [0.29, 0.717) is 0 Å². The van der Waals surface area contributed by atoms with Crippen molar-refractivity contribution in [3.63, 3.8) is 0 Å². The van der Waals surface area contributed by atoms with E-state index < -0.39 is 18.1 Å². The van der Waals surface area contributed by atoms with Crippen LogP contribution in [0.4, 0.5) is 4.39 Å². The summed E-state index contributed by atoms with van der Waals surface area (Å²) < 4.78 is 12.4. The first-order valence-electron chi connectivity index (χ1n) is 3.52. The largest absolute Gasteiger partial charge is 0.481 e. The third kappa shape index (κ3) is 1.24. The summed E-state index contributed by atoms with van der Waals surface area (Å²) in [6.45, 7) is -0.851. The van der Waals surface area contributed by atoms with Crippen molar-refractivity contribution in [1.82, 2.24) is 5.01 Å². The average Bonchev–Trinajstić information content (AvgIpc) is 2.48. The number of rotatable bonds is 3. The van der Waals surface area contributed by atoms with E-state index in [9.17, 15) is 14.1 Å². The first-order chi connectivity index (χ1) is 5.64. The highest BCUT2D eigenvalue weighted by molar-refractivity contribution is 5.75. The summed E-state index contributed by atoms with van der Waals surface area (Å²) in [5, 5.41) is 12.3. The van der Waals surface area contributed by atoms with Gasteiger partial charge in [-0.25, -0.2) is 4.39 Å². The molecule has 1 rings (SSSR count). The Morgan fingerprint density at radius 1 is 1.75 bits per heavy atom. The Bertz CT molecular complexity index is 211. The van der Waals surface area contributed by atoms with E-state index in [-0.39, 0.29) is 19.5 Å². The second kappa shape index (κ2) is 3.04. The molecule has 0 aromatic carbocycles. The van der Waals surface area contributed by atoms with E-state index in [4.69, 9.17) is 5.11 Å². The van der Waals surface area contributed by atoms with Crippen LogP contribution in [0.3, 0.4) is 0 Å². The zero-order chi connectivity index (χ0) is 9.19. The molecule has 1 aliphatic heterocycles. The fraction of sp³-hybridized carbons (Fsp3) is 0.833. The number of halogens is 1. The number of nitroso groups, excluding NO2 is 1. The molecule has 1 N–H and O–H groups in total. The molecular formula is C6H9FN2O3. The standard InChI is InChI=1S/C6H9FN2O3/c7-3-6(5(10)11)1-2-9(4-6)8-12/h1-4H2,(H,10,11). The van der Waals surface area contributed by atoms with Gasteiger partial charge >= 0.3 is 5.97 Å². The van der Waals surface area contributed by atoms with Gasteiger partial charge in [-0.05, 0) is 6.42 Å². The Labute approximate surface area is 68.1 Å². The minimum Gasteiger partial charge on any atom is -0.481 e. The van der Waals surface area contributed by atoms with Crippen molar-refractivity contribution in [3.05, 3.63) is 4.91 Å². The summed E-state index contributed by atoms with van der Waals surface area (Å²) in [5.74, 6) is -1.20. The number of nitrogens with zero attached hydrogens (tertiary/aromatic N) is 2. The predicted molar refractivity (Wildman–Crippen MR) is 38.0 cm³/mol. The number of hydrogen-bond donors (Lipinski definition) is 1. The third-order valence-electron chi connectivity index (χ3n) is 2.16. The molecule has 0 aromatic heterocycles. The van der Waals surface area contributed by atoms with E-state index in [1.165, 1.54) is 0 Å². The minimum atomic E-state index is -1.41. The van der Waals surface area contributed by atoms with Crippen LogP contribution in [-0.2, 0) is 4.79 Å². The maximum Gasteiger partial charge on any atom is 0.314 e. The lowest BCUT2D eigenvalue weighted by molar-refractivity contribution is -0.149. The Morgan fingerprint density at radius 3 is 2.67 bits per heavy atom. The fourth-order valence-electron chi connectivity index (χ4n) is 1.26. The minimum absolute atomic E-state index is 0.123. The van der Waals surface area contributed by atoms with Crippen molar-refractivity contribution < 1.29 is 14.3 Å². The van der Waals surface area contributed by atoms with Crippen LogP contribution in [0.2, 0.25) is 0 Å². The van der Waals surface area contributed by atoms with E-state index in [0.717, 1.165) is 5.01 Å². The molecule has 0 aliphatic carbocycles. The molecule has 1 heterocycles. The number of alkyl halides is 1. The molecule has 1 unspecified atom stereocenters. The molecule has 1 aliphatic rings. The highest BCUT2D eigenvalue weighted by Crippen LogP contribution is 2.31. The van der Waals surface area contributed by atoms with Crippen molar-refractivity contribution in [3.8, 4) is 0 Å². The van der Waals surface area contributed by atoms with Crippen molar-refractivity contribution in [1.29, 1.82) is 0 Å². The molecule has 5 nitrogen and oxygen atoms in total. The van der Waals surface area contributed by atoms with Crippen LogP contribution in [0.1, 0.15) is 6.42 Å². The van der Waals surface area contributed by atoms with Gasteiger partial charge in [0.15, 0.2) is 0 Å². The van der Waals surface area contributed by atoms with Gasteiger partial charge in [-0.1, -0.05) is 0 Å². The third-order valence-corrected chi connectivity index (χ3v) is 2.16. The summed E-state index contributed by atoms with van der Waals surface area (Å²) in [6.07, 6.45) is 0.143. The van der Waals surface area contributed by atoms with Crippen LogP contribution in [0.5, 0.6) is 0 Å². The summed E-state index contributed by atoms with van der Waals surface area (Å²) >= 11 is 0. The van der Waals surface area contributed by atoms with Crippen LogP contribution < -0.4 is 0 Å². The number of hydrogen-bond acceptors (Lipinski definition) is 3. The Balaban J connectivity index is 2.72. The van der Waals surface area contributed by atoms with Crippen LogP contribution in [0, 0.1) is 10.3 Å². The van der Waals surface area contributed by atoms with Gasteiger partial charge in [-0.2, -0.15) is 0 Å². The summed E-state index contributed by atoms with van der Waals surface area (Å²) in [5.41, 5.74) is -1.41. The molecule has 0 amide bonds.